The number of benzene rings is 1. The minimum absolute atomic E-state index is 0.0603. The Morgan fingerprint density at radius 2 is 2.03 bits per heavy atom. The van der Waals surface area contributed by atoms with Crippen LogP contribution < -0.4 is 14.9 Å². The van der Waals surface area contributed by atoms with Crippen molar-refractivity contribution in [2.75, 3.05) is 33.1 Å². The third-order valence-electron chi connectivity index (χ3n) is 6.15. The van der Waals surface area contributed by atoms with Crippen LogP contribution in [0.25, 0.3) is 0 Å². The van der Waals surface area contributed by atoms with E-state index in [0.717, 1.165) is 5.56 Å². The fraction of sp³-hybridized carbons (Fsp3) is 0.458. The van der Waals surface area contributed by atoms with E-state index >= 15 is 0 Å². The molecule has 1 aromatic rings. The summed E-state index contributed by atoms with van der Waals surface area (Å²) in [5, 5.41) is -1.04. The Morgan fingerprint density at radius 3 is 2.70 bits per heavy atom. The van der Waals surface area contributed by atoms with E-state index in [2.05, 4.69) is 31.3 Å². The van der Waals surface area contributed by atoms with Gasteiger partial charge in [0.15, 0.2) is 9.84 Å². The maximum absolute atomic E-state index is 13.2. The summed E-state index contributed by atoms with van der Waals surface area (Å²) in [7, 11) is -0.427. The first-order chi connectivity index (χ1) is 17.4. The molecule has 0 radical (unpaired) electrons. The summed E-state index contributed by atoms with van der Waals surface area (Å²) in [6, 6.07) is 5.52. The summed E-state index contributed by atoms with van der Waals surface area (Å²) < 4.78 is 43.1. The van der Waals surface area contributed by atoms with E-state index in [1.807, 2.05) is 12.1 Å². The molecule has 1 fully saturated rings. The predicted octanol–water partition coefficient (Wildman–Crippen LogP) is 3.09. The van der Waals surface area contributed by atoms with Crippen LogP contribution in [-0.2, 0) is 21.1 Å². The van der Waals surface area contributed by atoms with Gasteiger partial charge in [-0.05, 0) is 26.8 Å². The van der Waals surface area contributed by atoms with Crippen molar-refractivity contribution >= 4 is 42.8 Å². The van der Waals surface area contributed by atoms with E-state index in [1.54, 1.807) is 59.7 Å². The number of nitrogens with zero attached hydrogens (tertiary/aromatic N) is 4. The van der Waals surface area contributed by atoms with Crippen LogP contribution in [0.15, 0.2) is 52.0 Å². The standard InChI is InChI=1S/C24H31BrN5O6S/c1-24(2,3)36-23(31)29-9-11-37(32,33)20(15-29)21-18-14-26-8-10-30(18,22(25)28-21)27-13-16-6-7-17(34-4)12-19(16)35-5/h6-8,10,12,14,20,27H,9,11,13,15H2,1-5H3/q+1. The zero-order chi connectivity index (χ0) is 27.0. The molecular weight excluding hydrogens is 566 g/mol. The van der Waals surface area contributed by atoms with Crippen molar-refractivity contribution in [1.82, 2.24) is 10.3 Å². The monoisotopic (exact) mass is 596 g/mol. The van der Waals surface area contributed by atoms with E-state index in [9.17, 15) is 13.2 Å². The molecule has 3 aliphatic rings. The lowest BCUT2D eigenvalue weighted by atomic mass is 10.2. The molecular formula is C24H31BrN5O6S+. The number of amides is 1. The Kier molecular flexibility index (Phi) is 7.52. The summed E-state index contributed by atoms with van der Waals surface area (Å²) >= 11 is 3.55. The molecule has 0 aliphatic carbocycles. The minimum Gasteiger partial charge on any atom is -0.497 e. The van der Waals surface area contributed by atoms with Crippen LogP contribution in [-0.4, -0.2) is 78.9 Å². The highest BCUT2D eigenvalue weighted by Crippen LogP contribution is 2.37. The van der Waals surface area contributed by atoms with Gasteiger partial charge in [-0.1, -0.05) is 6.07 Å². The van der Waals surface area contributed by atoms with Gasteiger partial charge in [-0.2, -0.15) is 4.99 Å². The molecule has 1 N–H and O–H groups in total. The van der Waals surface area contributed by atoms with Crippen LogP contribution in [0.4, 0.5) is 4.79 Å². The molecule has 11 nitrogen and oxygen atoms in total. The lowest BCUT2D eigenvalue weighted by Gasteiger charge is -2.34. The van der Waals surface area contributed by atoms with Gasteiger partial charge in [0, 0.05) is 40.6 Å². The number of carbonyl (C=O) groups is 1. The van der Waals surface area contributed by atoms with Gasteiger partial charge < -0.3 is 19.1 Å². The average Bonchev–Trinajstić information content (AvgIpc) is 3.13. The third kappa shape index (κ3) is 5.44. The molecule has 13 heteroatoms. The molecule has 0 bridgehead atoms. The molecule has 3 aliphatic heterocycles. The highest BCUT2D eigenvalue weighted by Gasteiger charge is 2.51. The first-order valence-corrected chi connectivity index (χ1v) is 14.2. The quantitative estimate of drug-likeness (QED) is 0.396. The van der Waals surface area contributed by atoms with Gasteiger partial charge in [0.1, 0.15) is 34.2 Å². The number of ether oxygens (including phenoxy) is 3. The van der Waals surface area contributed by atoms with Gasteiger partial charge in [-0.25, -0.2) is 13.2 Å². The number of hydrogen-bond acceptors (Lipinski definition) is 9. The largest absolute Gasteiger partial charge is 0.497 e. The number of quaternary nitrogens is 1. The topological polar surface area (TPSA) is 119 Å². The number of nitrogens with one attached hydrogen (secondary N) is 1. The van der Waals surface area contributed by atoms with E-state index < -0.39 is 26.8 Å². The summed E-state index contributed by atoms with van der Waals surface area (Å²) in [6.45, 7) is 5.66. The van der Waals surface area contributed by atoms with E-state index in [0.29, 0.717) is 34.2 Å². The van der Waals surface area contributed by atoms with E-state index in [1.165, 1.54) is 4.90 Å². The SMILES string of the molecule is COc1ccc(CN[N+]23C=CN=CC2=C(C2CN(C(=O)OC(C)(C)C)CCS2(=O)=O)N=C3Br)c(OC)c1. The van der Waals surface area contributed by atoms with Crippen LogP contribution in [0.2, 0.25) is 0 Å². The molecule has 0 spiro atoms. The first-order valence-electron chi connectivity index (χ1n) is 11.6. The number of sulfone groups is 1. The van der Waals surface area contributed by atoms with Crippen LogP contribution >= 0.6 is 15.9 Å². The van der Waals surface area contributed by atoms with Crippen molar-refractivity contribution < 1.29 is 32.0 Å². The molecule has 0 aromatic heterocycles. The molecule has 0 saturated carbocycles. The number of amidine groups is 1. The molecule has 1 saturated heterocycles. The van der Waals surface area contributed by atoms with E-state index in [4.69, 9.17) is 14.2 Å². The van der Waals surface area contributed by atoms with Crippen LogP contribution in [0.5, 0.6) is 11.5 Å². The molecule has 4 rings (SSSR count). The average molecular weight is 598 g/mol. The number of halogens is 1. The predicted molar refractivity (Wildman–Crippen MR) is 143 cm³/mol. The van der Waals surface area contributed by atoms with Crippen molar-refractivity contribution in [2.24, 2.45) is 9.98 Å². The second-order valence-electron chi connectivity index (χ2n) is 9.74. The van der Waals surface area contributed by atoms with Crippen LogP contribution in [0.1, 0.15) is 26.3 Å². The fourth-order valence-electron chi connectivity index (χ4n) is 4.25. The zero-order valence-electron chi connectivity index (χ0n) is 21.4. The van der Waals surface area contributed by atoms with Crippen molar-refractivity contribution in [3.63, 3.8) is 0 Å². The summed E-state index contributed by atoms with van der Waals surface area (Å²) in [6.07, 6.45) is 4.42. The van der Waals surface area contributed by atoms with Gasteiger partial charge in [-0.3, -0.25) is 4.99 Å². The van der Waals surface area contributed by atoms with Crippen LogP contribution in [0.3, 0.4) is 0 Å². The van der Waals surface area contributed by atoms with Gasteiger partial charge >= 0.3 is 10.8 Å². The van der Waals surface area contributed by atoms with Crippen molar-refractivity contribution in [3.05, 3.63) is 47.6 Å². The van der Waals surface area contributed by atoms with Crippen molar-refractivity contribution in [1.29, 1.82) is 0 Å². The molecule has 2 atom stereocenters. The molecule has 2 unspecified atom stereocenters. The maximum atomic E-state index is 13.2. The summed E-state index contributed by atoms with van der Waals surface area (Å²) in [5.41, 5.74) is 4.47. The number of rotatable bonds is 6. The lowest BCUT2D eigenvalue weighted by Crippen LogP contribution is -2.55. The summed E-state index contributed by atoms with van der Waals surface area (Å²) in [5.74, 6) is 1.12. The Labute approximate surface area is 225 Å². The highest BCUT2D eigenvalue weighted by atomic mass is 79.9. The smallest absolute Gasteiger partial charge is 0.410 e. The first kappa shape index (κ1) is 27.3. The molecule has 200 valence electrons. The number of allylic oxidation sites excluding steroid dienone is 1. The number of hydrogen-bond donors (Lipinski definition) is 1. The van der Waals surface area contributed by atoms with Crippen LogP contribution in [0, 0.1) is 0 Å². The van der Waals surface area contributed by atoms with Crippen molar-refractivity contribution in [2.45, 2.75) is 38.2 Å². The van der Waals surface area contributed by atoms with E-state index in [-0.39, 0.29) is 23.4 Å². The molecule has 37 heavy (non-hydrogen) atoms. The number of aliphatic imine (C=N–C) groups is 2. The fourth-order valence-corrected chi connectivity index (χ4v) is 6.55. The number of fused-ring (bicyclic) bond motifs is 1. The van der Waals surface area contributed by atoms with Gasteiger partial charge in [0.05, 0.1) is 38.9 Å². The molecule has 3 heterocycles. The third-order valence-corrected chi connectivity index (χ3v) is 8.88. The molecule has 1 amide bonds. The summed E-state index contributed by atoms with van der Waals surface area (Å²) in [4.78, 5) is 23.1. The Balaban J connectivity index is 1.66. The second-order valence-corrected chi connectivity index (χ2v) is 12.8. The van der Waals surface area contributed by atoms with Gasteiger partial charge in [0.25, 0.3) is 0 Å². The zero-order valence-corrected chi connectivity index (χ0v) is 23.8. The Hall–Kier alpha value is -2.74. The second kappa shape index (κ2) is 10.2. The normalized spacial score (nSPS) is 24.5. The highest BCUT2D eigenvalue weighted by molar-refractivity contribution is 9.18. The number of carbonyl (C=O) groups excluding carboxylic acids is 1. The van der Waals surface area contributed by atoms with Gasteiger partial charge in [0.2, 0.25) is 5.70 Å². The van der Waals surface area contributed by atoms with Crippen molar-refractivity contribution in [3.8, 4) is 11.5 Å². The number of methoxy groups -OCH3 is 2. The Bertz CT molecular complexity index is 1320. The lowest BCUT2D eigenvalue weighted by molar-refractivity contribution is -0.787. The Morgan fingerprint density at radius 1 is 1.27 bits per heavy atom. The van der Waals surface area contributed by atoms with Gasteiger partial charge in [-0.15, -0.1) is 10.0 Å². The maximum Gasteiger partial charge on any atom is 0.410 e. The minimum atomic E-state index is -3.60. The molecule has 1 aromatic carbocycles.